The molecule has 0 aromatic heterocycles. The Labute approximate surface area is 355 Å². The van der Waals surface area contributed by atoms with Crippen LogP contribution in [-0.2, 0) is 23.7 Å². The van der Waals surface area contributed by atoms with Crippen molar-refractivity contribution in [1.82, 2.24) is 5.32 Å². The number of aliphatic hydroxyl groups is 8. The molecule has 12 atom stereocenters. The van der Waals surface area contributed by atoms with Crippen LogP contribution in [0.1, 0.15) is 174 Å². The molecule has 0 aromatic carbocycles. The van der Waals surface area contributed by atoms with Crippen molar-refractivity contribution >= 4 is 5.91 Å². The van der Waals surface area contributed by atoms with Crippen molar-refractivity contribution in [2.75, 3.05) is 19.8 Å². The lowest BCUT2D eigenvalue weighted by atomic mass is 9.97. The lowest BCUT2D eigenvalue weighted by molar-refractivity contribution is -0.359. The topological polar surface area (TPSA) is 228 Å². The molecule has 2 fully saturated rings. The van der Waals surface area contributed by atoms with Crippen LogP contribution in [0, 0.1) is 0 Å². The molecule has 2 aliphatic rings. The summed E-state index contributed by atoms with van der Waals surface area (Å²) in [5.41, 5.74) is 0. The number of ether oxygens (including phenoxy) is 4. The largest absolute Gasteiger partial charge is 0.394 e. The first-order chi connectivity index (χ1) is 28.6. The van der Waals surface area contributed by atoms with Gasteiger partial charge in [0.2, 0.25) is 5.91 Å². The van der Waals surface area contributed by atoms with E-state index in [0.717, 1.165) is 19.3 Å². The van der Waals surface area contributed by atoms with Crippen molar-refractivity contribution in [3.63, 3.8) is 0 Å². The molecule has 14 heteroatoms. The Hall–Kier alpha value is -1.27. The molecule has 348 valence electrons. The summed E-state index contributed by atoms with van der Waals surface area (Å²) in [6, 6.07) is -0.906. The van der Waals surface area contributed by atoms with Crippen LogP contribution in [0.4, 0.5) is 0 Å². The second-order valence-electron chi connectivity index (χ2n) is 16.9. The molecular weight excluding hydrogens is 762 g/mol. The van der Waals surface area contributed by atoms with Crippen molar-refractivity contribution in [2.45, 2.75) is 248 Å². The van der Waals surface area contributed by atoms with Gasteiger partial charge in [-0.2, -0.15) is 0 Å². The number of carbonyl (C=O) groups excluding carboxylic acids is 1. The molecule has 1 amide bonds. The summed E-state index contributed by atoms with van der Waals surface area (Å²) in [6.07, 6.45) is 18.3. The van der Waals surface area contributed by atoms with E-state index in [4.69, 9.17) is 18.9 Å². The molecule has 0 spiro atoms. The Morgan fingerprint density at radius 3 is 1.49 bits per heavy atom. The van der Waals surface area contributed by atoms with E-state index < -0.39 is 86.8 Å². The third kappa shape index (κ3) is 21.6. The Balaban J connectivity index is 1.59. The number of hydrogen-bond donors (Lipinski definition) is 9. The van der Waals surface area contributed by atoms with Gasteiger partial charge in [0.25, 0.3) is 0 Å². The highest BCUT2D eigenvalue weighted by atomic mass is 16.7. The predicted molar refractivity (Wildman–Crippen MR) is 226 cm³/mol. The third-order valence-corrected chi connectivity index (χ3v) is 11.8. The quantitative estimate of drug-likeness (QED) is 0.0308. The lowest BCUT2D eigenvalue weighted by Gasteiger charge is -2.46. The second kappa shape index (κ2) is 33.3. The van der Waals surface area contributed by atoms with Gasteiger partial charge in [0.1, 0.15) is 48.8 Å². The summed E-state index contributed by atoms with van der Waals surface area (Å²) in [7, 11) is 0. The maximum absolute atomic E-state index is 12.3. The fourth-order valence-corrected chi connectivity index (χ4v) is 7.84. The SMILES string of the molecule is CCCCCCCCCCCCCCCCCCCCCCCCC/C=C/C(O)C(COC1OC(CO)C(OC2OC(CO)C(O)C(O)C2O)C(O)C1O)NC(=O)CC. The van der Waals surface area contributed by atoms with E-state index in [1.165, 1.54) is 135 Å². The van der Waals surface area contributed by atoms with Gasteiger partial charge in [-0.05, 0) is 12.8 Å². The monoisotopic (exact) mass is 848 g/mol. The van der Waals surface area contributed by atoms with Gasteiger partial charge in [-0.15, -0.1) is 0 Å². The van der Waals surface area contributed by atoms with E-state index in [0.29, 0.717) is 0 Å². The molecule has 2 saturated heterocycles. The average Bonchev–Trinajstić information content (AvgIpc) is 3.24. The number of aliphatic hydroxyl groups excluding tert-OH is 8. The molecule has 2 aliphatic heterocycles. The van der Waals surface area contributed by atoms with Crippen molar-refractivity contribution in [1.29, 1.82) is 0 Å². The number of rotatable bonds is 35. The summed E-state index contributed by atoms with van der Waals surface area (Å²) < 4.78 is 22.3. The van der Waals surface area contributed by atoms with Crippen LogP contribution in [0.15, 0.2) is 12.2 Å². The number of amides is 1. The van der Waals surface area contributed by atoms with E-state index in [-0.39, 0.29) is 18.9 Å². The fraction of sp³-hybridized carbons (Fsp3) is 0.933. The van der Waals surface area contributed by atoms with Gasteiger partial charge in [-0.1, -0.05) is 167 Å². The Morgan fingerprint density at radius 2 is 1.03 bits per heavy atom. The number of carbonyl (C=O) groups is 1. The van der Waals surface area contributed by atoms with E-state index in [9.17, 15) is 45.6 Å². The Kier molecular flexibility index (Phi) is 30.4. The van der Waals surface area contributed by atoms with Crippen molar-refractivity contribution < 1.29 is 64.6 Å². The van der Waals surface area contributed by atoms with Gasteiger partial charge >= 0.3 is 0 Å². The van der Waals surface area contributed by atoms with Gasteiger partial charge in [0.05, 0.1) is 32.0 Å². The lowest BCUT2D eigenvalue weighted by Crippen LogP contribution is -2.65. The van der Waals surface area contributed by atoms with Crippen LogP contribution in [0.25, 0.3) is 0 Å². The number of unbranched alkanes of at least 4 members (excludes halogenated alkanes) is 23. The molecule has 59 heavy (non-hydrogen) atoms. The van der Waals surface area contributed by atoms with Gasteiger partial charge < -0.3 is 65.1 Å². The van der Waals surface area contributed by atoms with Gasteiger partial charge in [0, 0.05) is 6.42 Å². The minimum atomic E-state index is -1.78. The summed E-state index contributed by atoms with van der Waals surface area (Å²) in [5.74, 6) is -0.327. The molecule has 0 aromatic rings. The van der Waals surface area contributed by atoms with E-state index in [1.54, 1.807) is 13.0 Å². The van der Waals surface area contributed by atoms with Gasteiger partial charge in [0.15, 0.2) is 12.6 Å². The smallest absolute Gasteiger partial charge is 0.220 e. The minimum absolute atomic E-state index is 0.164. The molecule has 0 saturated carbocycles. The zero-order valence-electron chi connectivity index (χ0n) is 36.5. The Morgan fingerprint density at radius 1 is 0.593 bits per heavy atom. The zero-order chi connectivity index (χ0) is 43.3. The molecule has 12 unspecified atom stereocenters. The first kappa shape index (κ1) is 53.9. The summed E-state index contributed by atoms with van der Waals surface area (Å²) in [4.78, 5) is 12.3. The zero-order valence-corrected chi connectivity index (χ0v) is 36.5. The fourth-order valence-electron chi connectivity index (χ4n) is 7.84. The van der Waals surface area contributed by atoms with Crippen LogP contribution >= 0.6 is 0 Å². The molecule has 0 radical (unpaired) electrons. The van der Waals surface area contributed by atoms with Crippen molar-refractivity contribution in [3.8, 4) is 0 Å². The molecule has 9 N–H and O–H groups in total. The molecule has 0 bridgehead atoms. The molecule has 2 rings (SSSR count). The summed E-state index contributed by atoms with van der Waals surface area (Å²) in [6.45, 7) is 2.23. The van der Waals surface area contributed by atoms with Crippen LogP contribution < -0.4 is 5.32 Å². The molecule has 0 aliphatic carbocycles. The standard InChI is InChI=1S/C45H85NO13/c1-3-5-6-7-8-9-10-11-12-13-14-15-16-17-18-19-20-21-22-23-24-25-26-27-28-29-34(49)33(46-37(50)4-2)32-56-44-42(55)40(53)43(36(31-48)58-44)59-45-41(54)39(52)38(51)35(30-47)57-45/h28-29,33-36,38-45,47-49,51-55H,3-27,30-32H2,1-2H3,(H,46,50)/b29-28+. The van der Waals surface area contributed by atoms with E-state index >= 15 is 0 Å². The molecule has 14 nitrogen and oxygen atoms in total. The highest BCUT2D eigenvalue weighted by molar-refractivity contribution is 5.75. The Bertz CT molecular complexity index is 1050. The summed E-state index contributed by atoms with van der Waals surface area (Å²) >= 11 is 0. The molecule has 2 heterocycles. The maximum Gasteiger partial charge on any atom is 0.220 e. The maximum atomic E-state index is 12.3. The highest BCUT2D eigenvalue weighted by Crippen LogP contribution is 2.30. The predicted octanol–water partition coefficient (Wildman–Crippen LogP) is 4.82. The van der Waals surface area contributed by atoms with Crippen LogP contribution in [0.2, 0.25) is 0 Å². The first-order valence-corrected chi connectivity index (χ1v) is 23.4. The molecular formula is C45H85NO13. The number of allylic oxidation sites excluding steroid dienone is 1. The van der Waals surface area contributed by atoms with Crippen LogP contribution in [0.5, 0.6) is 0 Å². The minimum Gasteiger partial charge on any atom is -0.394 e. The van der Waals surface area contributed by atoms with Crippen molar-refractivity contribution in [2.24, 2.45) is 0 Å². The third-order valence-electron chi connectivity index (χ3n) is 11.8. The highest BCUT2D eigenvalue weighted by Gasteiger charge is 2.50. The normalized spacial score (nSPS) is 28.6. The van der Waals surface area contributed by atoms with E-state index in [1.807, 2.05) is 6.08 Å². The van der Waals surface area contributed by atoms with Crippen LogP contribution in [0.3, 0.4) is 0 Å². The summed E-state index contributed by atoms with van der Waals surface area (Å²) in [5, 5.41) is 85.3. The second-order valence-corrected chi connectivity index (χ2v) is 16.9. The van der Waals surface area contributed by atoms with E-state index in [2.05, 4.69) is 12.2 Å². The number of nitrogens with one attached hydrogen (secondary N) is 1. The van der Waals surface area contributed by atoms with Gasteiger partial charge in [-0.25, -0.2) is 0 Å². The van der Waals surface area contributed by atoms with Crippen LogP contribution in [-0.4, -0.2) is 140 Å². The first-order valence-electron chi connectivity index (χ1n) is 23.4. The number of hydrogen-bond acceptors (Lipinski definition) is 13. The van der Waals surface area contributed by atoms with Gasteiger partial charge in [-0.3, -0.25) is 4.79 Å². The average molecular weight is 848 g/mol. The van der Waals surface area contributed by atoms with Crippen molar-refractivity contribution in [3.05, 3.63) is 12.2 Å².